The van der Waals surface area contributed by atoms with E-state index in [1.165, 1.54) is 15.4 Å². The molecule has 0 unspecified atom stereocenters. The van der Waals surface area contributed by atoms with Gasteiger partial charge in [0, 0.05) is 33.5 Å². The second-order valence-corrected chi connectivity index (χ2v) is 8.07. The van der Waals surface area contributed by atoms with Crippen molar-refractivity contribution in [1.82, 2.24) is 10.3 Å². The van der Waals surface area contributed by atoms with Gasteiger partial charge in [0.2, 0.25) is 0 Å². The maximum Gasteiger partial charge on any atom is 0.0981 e. The van der Waals surface area contributed by atoms with Crippen LogP contribution in [-0.4, -0.2) is 4.98 Å². The highest BCUT2D eigenvalue weighted by Crippen LogP contribution is 2.27. The van der Waals surface area contributed by atoms with Gasteiger partial charge in [0.05, 0.1) is 5.01 Å². The molecule has 2 aromatic rings. The quantitative estimate of drug-likeness (QED) is 0.832. The summed E-state index contributed by atoms with van der Waals surface area (Å²) in [5, 5.41) is 4.76. The fraction of sp³-hybridized carbons (Fsp3) is 0.438. The minimum atomic E-state index is 0.138. The smallest absolute Gasteiger partial charge is 0.0981 e. The zero-order chi connectivity index (χ0) is 14.8. The summed E-state index contributed by atoms with van der Waals surface area (Å²) in [4.78, 5) is 5.81. The molecule has 2 nitrogen and oxygen atoms in total. The second kappa shape index (κ2) is 6.37. The maximum absolute atomic E-state index is 4.52. The van der Waals surface area contributed by atoms with Gasteiger partial charge in [0.15, 0.2) is 0 Å². The summed E-state index contributed by atoms with van der Waals surface area (Å²) < 4.78 is 1.12. The summed E-state index contributed by atoms with van der Waals surface area (Å²) in [6.07, 6.45) is 1.99. The SMILES string of the molecule is C[C@@H](NCc1cnc(C(C)(C)C)s1)c1cccc(Br)c1. The lowest BCUT2D eigenvalue weighted by atomic mass is 9.98. The lowest BCUT2D eigenvalue weighted by Gasteiger charge is -2.14. The van der Waals surface area contributed by atoms with Crippen molar-refractivity contribution in [1.29, 1.82) is 0 Å². The molecule has 0 amide bonds. The van der Waals surface area contributed by atoms with E-state index in [0.717, 1.165) is 11.0 Å². The molecule has 0 aliphatic carbocycles. The molecule has 0 fully saturated rings. The second-order valence-electron chi connectivity index (χ2n) is 6.04. The summed E-state index contributed by atoms with van der Waals surface area (Å²) in [5.41, 5.74) is 1.43. The van der Waals surface area contributed by atoms with Crippen LogP contribution in [0.3, 0.4) is 0 Å². The minimum absolute atomic E-state index is 0.138. The van der Waals surface area contributed by atoms with Gasteiger partial charge in [-0.25, -0.2) is 4.98 Å². The summed E-state index contributed by atoms with van der Waals surface area (Å²) in [6.45, 7) is 9.66. The summed E-state index contributed by atoms with van der Waals surface area (Å²) in [6, 6.07) is 8.75. The molecule has 1 heterocycles. The molecular formula is C16H21BrN2S. The van der Waals surface area contributed by atoms with Crippen LogP contribution in [0, 0.1) is 0 Å². The molecule has 0 aliphatic heterocycles. The molecule has 4 heteroatoms. The molecule has 1 aromatic carbocycles. The Hall–Kier alpha value is -0.710. The van der Waals surface area contributed by atoms with Crippen LogP contribution in [0.5, 0.6) is 0 Å². The molecule has 20 heavy (non-hydrogen) atoms. The Bertz CT molecular complexity index is 572. The van der Waals surface area contributed by atoms with Crippen molar-refractivity contribution < 1.29 is 0 Å². The Morgan fingerprint density at radius 3 is 2.70 bits per heavy atom. The fourth-order valence-electron chi connectivity index (χ4n) is 1.88. The number of rotatable bonds is 4. The van der Waals surface area contributed by atoms with Crippen LogP contribution in [0.25, 0.3) is 0 Å². The molecule has 0 saturated carbocycles. The predicted octanol–water partition coefficient (Wildman–Crippen LogP) is 5.05. The first-order valence-electron chi connectivity index (χ1n) is 6.80. The third-order valence-electron chi connectivity index (χ3n) is 3.13. The number of halogens is 1. The Morgan fingerprint density at radius 1 is 1.35 bits per heavy atom. The first kappa shape index (κ1) is 15.7. The molecule has 1 atom stereocenters. The molecule has 1 N–H and O–H groups in total. The lowest BCUT2D eigenvalue weighted by Crippen LogP contribution is -2.17. The monoisotopic (exact) mass is 352 g/mol. The van der Waals surface area contributed by atoms with Gasteiger partial charge in [-0.1, -0.05) is 48.8 Å². The Balaban J connectivity index is 1.97. The van der Waals surface area contributed by atoms with Crippen LogP contribution in [0.1, 0.15) is 49.2 Å². The lowest BCUT2D eigenvalue weighted by molar-refractivity contribution is 0.578. The van der Waals surface area contributed by atoms with Gasteiger partial charge in [-0.15, -0.1) is 11.3 Å². The van der Waals surface area contributed by atoms with Crippen LogP contribution >= 0.6 is 27.3 Å². The third kappa shape index (κ3) is 4.14. The largest absolute Gasteiger partial charge is 0.305 e. The van der Waals surface area contributed by atoms with Gasteiger partial charge >= 0.3 is 0 Å². The average Bonchev–Trinajstić information content (AvgIpc) is 2.84. The maximum atomic E-state index is 4.52. The van der Waals surface area contributed by atoms with E-state index in [1.807, 2.05) is 6.20 Å². The van der Waals surface area contributed by atoms with Gasteiger partial charge in [0.25, 0.3) is 0 Å². The van der Waals surface area contributed by atoms with Crippen molar-refractivity contribution in [3.05, 3.63) is 50.4 Å². The standard InChI is InChI=1S/C16H21BrN2S/c1-11(12-6-5-7-13(17)8-12)18-9-14-10-19-15(20-14)16(2,3)4/h5-8,10-11,18H,9H2,1-4H3/t11-/m1/s1. The first-order valence-corrected chi connectivity index (χ1v) is 8.41. The highest BCUT2D eigenvalue weighted by molar-refractivity contribution is 9.10. The number of hydrogen-bond donors (Lipinski definition) is 1. The van der Waals surface area contributed by atoms with E-state index in [2.05, 4.69) is 78.2 Å². The van der Waals surface area contributed by atoms with Crippen LogP contribution in [0.2, 0.25) is 0 Å². The summed E-state index contributed by atoms with van der Waals surface area (Å²) in [5.74, 6) is 0. The average molecular weight is 353 g/mol. The van der Waals surface area contributed by atoms with E-state index in [-0.39, 0.29) is 5.41 Å². The van der Waals surface area contributed by atoms with Crippen LogP contribution in [0.4, 0.5) is 0 Å². The normalized spacial score (nSPS) is 13.4. The highest BCUT2D eigenvalue weighted by Gasteiger charge is 2.18. The van der Waals surface area contributed by atoms with Crippen molar-refractivity contribution in [2.45, 2.75) is 45.7 Å². The van der Waals surface area contributed by atoms with Crippen molar-refractivity contribution in [3.63, 3.8) is 0 Å². The number of thiazole rings is 1. The zero-order valence-corrected chi connectivity index (χ0v) is 14.8. The van der Waals surface area contributed by atoms with E-state index in [0.29, 0.717) is 6.04 Å². The Labute approximate surface area is 133 Å². The van der Waals surface area contributed by atoms with E-state index in [4.69, 9.17) is 0 Å². The number of benzene rings is 1. The Morgan fingerprint density at radius 2 is 2.10 bits per heavy atom. The topological polar surface area (TPSA) is 24.9 Å². The predicted molar refractivity (Wildman–Crippen MR) is 90.2 cm³/mol. The number of nitrogens with one attached hydrogen (secondary N) is 1. The molecule has 0 spiro atoms. The van der Waals surface area contributed by atoms with E-state index in [1.54, 1.807) is 11.3 Å². The third-order valence-corrected chi connectivity index (χ3v) is 5.04. The van der Waals surface area contributed by atoms with E-state index >= 15 is 0 Å². The van der Waals surface area contributed by atoms with E-state index in [9.17, 15) is 0 Å². The van der Waals surface area contributed by atoms with Gasteiger partial charge in [-0.3, -0.25) is 0 Å². The molecule has 0 saturated heterocycles. The van der Waals surface area contributed by atoms with Crippen molar-refractivity contribution in [2.24, 2.45) is 0 Å². The molecular weight excluding hydrogens is 332 g/mol. The van der Waals surface area contributed by atoms with Gasteiger partial charge < -0.3 is 5.32 Å². The first-order chi connectivity index (χ1) is 9.36. The molecule has 2 rings (SSSR count). The number of nitrogens with zero attached hydrogens (tertiary/aromatic N) is 1. The summed E-state index contributed by atoms with van der Waals surface area (Å²) in [7, 11) is 0. The number of aromatic nitrogens is 1. The number of hydrogen-bond acceptors (Lipinski definition) is 3. The molecule has 1 aromatic heterocycles. The van der Waals surface area contributed by atoms with Gasteiger partial charge in [0.1, 0.15) is 0 Å². The van der Waals surface area contributed by atoms with Crippen LogP contribution in [0.15, 0.2) is 34.9 Å². The van der Waals surface area contributed by atoms with Crippen molar-refractivity contribution in [2.75, 3.05) is 0 Å². The van der Waals surface area contributed by atoms with E-state index < -0.39 is 0 Å². The molecule has 0 aliphatic rings. The van der Waals surface area contributed by atoms with Crippen molar-refractivity contribution >= 4 is 27.3 Å². The Kier molecular flexibility index (Phi) is 4.99. The molecule has 0 bridgehead atoms. The van der Waals surface area contributed by atoms with Crippen LogP contribution in [-0.2, 0) is 12.0 Å². The van der Waals surface area contributed by atoms with Crippen molar-refractivity contribution in [3.8, 4) is 0 Å². The molecule has 0 radical (unpaired) electrons. The minimum Gasteiger partial charge on any atom is -0.305 e. The van der Waals surface area contributed by atoms with Gasteiger partial charge in [-0.2, -0.15) is 0 Å². The zero-order valence-electron chi connectivity index (χ0n) is 12.4. The van der Waals surface area contributed by atoms with Gasteiger partial charge in [-0.05, 0) is 24.6 Å². The fourth-order valence-corrected chi connectivity index (χ4v) is 3.22. The summed E-state index contributed by atoms with van der Waals surface area (Å²) >= 11 is 5.31. The molecule has 108 valence electrons. The highest BCUT2D eigenvalue weighted by atomic mass is 79.9. The van der Waals surface area contributed by atoms with Crippen LogP contribution < -0.4 is 5.32 Å².